The molecule has 0 spiro atoms. The molecule has 8 heteroatoms. The van der Waals surface area contributed by atoms with Crippen molar-refractivity contribution in [2.45, 2.75) is 52.6 Å². The number of halogens is 3. The number of aromatic nitrogens is 3. The minimum Gasteiger partial charge on any atom is -0.356 e. The van der Waals surface area contributed by atoms with Gasteiger partial charge in [0.15, 0.2) is 23.1 Å². The van der Waals surface area contributed by atoms with E-state index in [0.29, 0.717) is 18.0 Å². The quantitative estimate of drug-likeness (QED) is 0.496. The van der Waals surface area contributed by atoms with Crippen LogP contribution in [0.25, 0.3) is 11.0 Å². The molecule has 0 saturated heterocycles. The molecule has 0 unspecified atom stereocenters. The third kappa shape index (κ3) is 4.60. The molecule has 1 saturated carbocycles. The van der Waals surface area contributed by atoms with Gasteiger partial charge in [-0.1, -0.05) is 12.8 Å². The zero-order valence-electron chi connectivity index (χ0n) is 18.9. The zero-order chi connectivity index (χ0) is 22.8. The maximum absolute atomic E-state index is 13.6. The Bertz CT molecular complexity index is 1080. The van der Waals surface area contributed by atoms with E-state index in [4.69, 9.17) is 4.98 Å². The number of benzene rings is 1. The van der Waals surface area contributed by atoms with Crippen molar-refractivity contribution >= 4 is 16.9 Å². The standard InChI is InChI=1S/C24H30F3N5/c1-4-32(14-16-7-5-6-8-16)23-18(11-19-15(2)30-31(3)24(19)29-23)13-28-12-17-9-20(25)22(27)21(26)10-17/h9-11,16,28H,4-8,12-14H2,1-3H3. The van der Waals surface area contributed by atoms with Crippen LogP contribution in [0.5, 0.6) is 0 Å². The van der Waals surface area contributed by atoms with E-state index in [2.05, 4.69) is 28.3 Å². The van der Waals surface area contributed by atoms with Gasteiger partial charge >= 0.3 is 0 Å². The molecule has 0 radical (unpaired) electrons. The molecule has 1 fully saturated rings. The molecule has 3 aromatic rings. The van der Waals surface area contributed by atoms with Crippen molar-refractivity contribution in [1.29, 1.82) is 0 Å². The smallest absolute Gasteiger partial charge is 0.194 e. The van der Waals surface area contributed by atoms with Gasteiger partial charge in [-0.3, -0.25) is 4.68 Å². The van der Waals surface area contributed by atoms with Crippen LogP contribution in [0.3, 0.4) is 0 Å². The molecule has 1 aliphatic rings. The molecule has 2 aromatic heterocycles. The molecule has 5 nitrogen and oxygen atoms in total. The van der Waals surface area contributed by atoms with Crippen LogP contribution in [0.15, 0.2) is 18.2 Å². The Morgan fingerprint density at radius 2 is 1.78 bits per heavy atom. The molecule has 0 atom stereocenters. The summed E-state index contributed by atoms with van der Waals surface area (Å²) in [4.78, 5) is 7.32. The normalized spacial score (nSPS) is 14.6. The van der Waals surface area contributed by atoms with Gasteiger partial charge in [-0.2, -0.15) is 5.10 Å². The zero-order valence-corrected chi connectivity index (χ0v) is 18.9. The third-order valence-corrected chi connectivity index (χ3v) is 6.38. The van der Waals surface area contributed by atoms with Crippen LogP contribution in [0.1, 0.15) is 49.4 Å². The van der Waals surface area contributed by atoms with Crippen molar-refractivity contribution in [2.75, 3.05) is 18.0 Å². The average Bonchev–Trinajstić information content (AvgIpc) is 3.37. The summed E-state index contributed by atoms with van der Waals surface area (Å²) in [5.74, 6) is -2.20. The number of rotatable bonds is 8. The van der Waals surface area contributed by atoms with Crippen LogP contribution in [0, 0.1) is 30.3 Å². The van der Waals surface area contributed by atoms with E-state index in [9.17, 15) is 13.2 Å². The van der Waals surface area contributed by atoms with E-state index in [0.717, 1.165) is 53.3 Å². The third-order valence-electron chi connectivity index (χ3n) is 6.38. The van der Waals surface area contributed by atoms with Gasteiger partial charge in [-0.05, 0) is 56.4 Å². The number of nitrogens with zero attached hydrogens (tertiary/aromatic N) is 4. The monoisotopic (exact) mass is 445 g/mol. The predicted octanol–water partition coefficient (Wildman–Crippen LogP) is 5.00. The van der Waals surface area contributed by atoms with Crippen molar-refractivity contribution in [3.63, 3.8) is 0 Å². The first-order valence-corrected chi connectivity index (χ1v) is 11.3. The van der Waals surface area contributed by atoms with Gasteiger partial charge in [0.25, 0.3) is 0 Å². The Morgan fingerprint density at radius 3 is 2.44 bits per heavy atom. The highest BCUT2D eigenvalue weighted by molar-refractivity contribution is 5.81. The summed E-state index contributed by atoms with van der Waals surface area (Å²) < 4.78 is 42.2. The van der Waals surface area contributed by atoms with Crippen molar-refractivity contribution in [2.24, 2.45) is 13.0 Å². The van der Waals surface area contributed by atoms with Crippen LogP contribution >= 0.6 is 0 Å². The Labute approximate surface area is 186 Å². The lowest BCUT2D eigenvalue weighted by Gasteiger charge is -2.27. The summed E-state index contributed by atoms with van der Waals surface area (Å²) in [6.45, 7) is 6.58. The van der Waals surface area contributed by atoms with E-state index in [1.165, 1.54) is 25.7 Å². The van der Waals surface area contributed by atoms with Crippen molar-refractivity contribution in [1.82, 2.24) is 20.1 Å². The van der Waals surface area contributed by atoms with Crippen LogP contribution in [-0.2, 0) is 20.1 Å². The van der Waals surface area contributed by atoms with Gasteiger partial charge < -0.3 is 10.2 Å². The summed E-state index contributed by atoms with van der Waals surface area (Å²) in [5.41, 5.74) is 3.11. The molecular formula is C24H30F3N5. The lowest BCUT2D eigenvalue weighted by molar-refractivity contribution is 0.444. The maximum Gasteiger partial charge on any atom is 0.194 e. The summed E-state index contributed by atoms with van der Waals surface area (Å²) in [7, 11) is 1.90. The fourth-order valence-corrected chi connectivity index (χ4v) is 4.70. The molecule has 0 amide bonds. The van der Waals surface area contributed by atoms with Crippen LogP contribution in [0.2, 0.25) is 0 Å². The molecular weight excluding hydrogens is 415 g/mol. The van der Waals surface area contributed by atoms with E-state index in [1.807, 2.05) is 14.0 Å². The number of aryl methyl sites for hydroxylation is 2. The molecule has 1 N–H and O–H groups in total. The molecule has 1 aromatic carbocycles. The predicted molar refractivity (Wildman–Crippen MR) is 120 cm³/mol. The molecule has 4 rings (SSSR count). The van der Waals surface area contributed by atoms with Gasteiger partial charge in [-0.25, -0.2) is 18.2 Å². The van der Waals surface area contributed by atoms with Crippen LogP contribution in [0.4, 0.5) is 19.0 Å². The van der Waals surface area contributed by atoms with Gasteiger partial charge in [-0.15, -0.1) is 0 Å². The first-order chi connectivity index (χ1) is 15.4. The molecule has 0 bridgehead atoms. The van der Waals surface area contributed by atoms with Gasteiger partial charge in [0.2, 0.25) is 0 Å². The highest BCUT2D eigenvalue weighted by Crippen LogP contribution is 2.30. The van der Waals surface area contributed by atoms with Gasteiger partial charge in [0.1, 0.15) is 5.82 Å². The Hall–Kier alpha value is -2.61. The molecule has 32 heavy (non-hydrogen) atoms. The lowest BCUT2D eigenvalue weighted by atomic mass is 10.1. The van der Waals surface area contributed by atoms with E-state index < -0.39 is 17.5 Å². The molecule has 2 heterocycles. The largest absolute Gasteiger partial charge is 0.356 e. The second-order valence-electron chi connectivity index (χ2n) is 8.72. The fourth-order valence-electron chi connectivity index (χ4n) is 4.70. The number of fused-ring (bicyclic) bond motifs is 1. The lowest BCUT2D eigenvalue weighted by Crippen LogP contribution is -2.31. The molecule has 0 aliphatic heterocycles. The SMILES string of the molecule is CCN(CC1CCCC1)c1nc2c(cc1CNCc1cc(F)c(F)c(F)c1)c(C)nn2C. The van der Waals surface area contributed by atoms with Crippen molar-refractivity contribution < 1.29 is 13.2 Å². The van der Waals surface area contributed by atoms with Crippen LogP contribution in [-0.4, -0.2) is 27.9 Å². The fraction of sp³-hybridized carbons (Fsp3) is 0.500. The topological polar surface area (TPSA) is 46.0 Å². The molecule has 1 aliphatic carbocycles. The average molecular weight is 446 g/mol. The summed E-state index contributed by atoms with van der Waals surface area (Å²) in [6.07, 6.45) is 5.07. The minimum absolute atomic E-state index is 0.215. The van der Waals surface area contributed by atoms with E-state index >= 15 is 0 Å². The van der Waals surface area contributed by atoms with Gasteiger partial charge in [0.05, 0.1) is 5.69 Å². The van der Waals surface area contributed by atoms with Crippen molar-refractivity contribution in [3.05, 3.63) is 52.5 Å². The van der Waals surface area contributed by atoms with Crippen LogP contribution < -0.4 is 10.2 Å². The number of pyridine rings is 1. The maximum atomic E-state index is 13.6. The second kappa shape index (κ2) is 9.48. The number of hydrogen-bond donors (Lipinski definition) is 1. The van der Waals surface area contributed by atoms with Gasteiger partial charge in [0, 0.05) is 44.2 Å². The summed E-state index contributed by atoms with van der Waals surface area (Å²) in [5, 5.41) is 8.75. The van der Waals surface area contributed by atoms with Crippen molar-refractivity contribution in [3.8, 4) is 0 Å². The number of nitrogens with one attached hydrogen (secondary N) is 1. The Kier molecular flexibility index (Phi) is 6.69. The Morgan fingerprint density at radius 1 is 1.09 bits per heavy atom. The van der Waals surface area contributed by atoms with E-state index in [1.54, 1.807) is 4.68 Å². The first-order valence-electron chi connectivity index (χ1n) is 11.3. The second-order valence-corrected chi connectivity index (χ2v) is 8.72. The summed E-state index contributed by atoms with van der Waals surface area (Å²) in [6, 6.07) is 4.16. The first kappa shape index (κ1) is 22.6. The van der Waals surface area contributed by atoms with E-state index in [-0.39, 0.29) is 6.54 Å². The summed E-state index contributed by atoms with van der Waals surface area (Å²) >= 11 is 0. The molecule has 172 valence electrons. The minimum atomic E-state index is -1.44. The highest BCUT2D eigenvalue weighted by atomic mass is 19.2. The number of anilines is 1. The highest BCUT2D eigenvalue weighted by Gasteiger charge is 2.22. The Balaban J connectivity index is 1.60. The number of hydrogen-bond acceptors (Lipinski definition) is 4.